The third-order valence-corrected chi connectivity index (χ3v) is 2.69. The number of nitrogens with one attached hydrogen (secondary N) is 1. The number of nitrogens with zero attached hydrogens (tertiary/aromatic N) is 1. The van der Waals surface area contributed by atoms with Crippen LogP contribution in [0.15, 0.2) is 0 Å². The molecule has 0 aliphatic carbocycles. The normalized spacial score (nSPS) is 22.9. The van der Waals surface area contributed by atoms with Crippen molar-refractivity contribution >= 4 is 5.84 Å². The van der Waals surface area contributed by atoms with E-state index in [1.165, 1.54) is 0 Å². The van der Waals surface area contributed by atoms with Crippen molar-refractivity contribution in [3.05, 3.63) is 0 Å². The Kier molecular flexibility index (Phi) is 3.69. The van der Waals surface area contributed by atoms with Crippen LogP contribution in [-0.2, 0) is 0 Å². The SMILES string of the molecule is CCC(C(=N)N)N1CCC(O)CC1. The van der Waals surface area contributed by atoms with E-state index in [2.05, 4.69) is 4.90 Å². The maximum Gasteiger partial charge on any atom is 0.108 e. The highest BCUT2D eigenvalue weighted by Crippen LogP contribution is 2.14. The number of hydrogen-bond acceptors (Lipinski definition) is 3. The van der Waals surface area contributed by atoms with Crippen LogP contribution in [-0.4, -0.2) is 41.1 Å². The fraction of sp³-hybridized carbons (Fsp3) is 0.889. The first kappa shape index (κ1) is 10.5. The molecule has 0 spiro atoms. The van der Waals surface area contributed by atoms with Crippen LogP contribution in [0, 0.1) is 5.41 Å². The summed E-state index contributed by atoms with van der Waals surface area (Å²) in [5, 5.41) is 16.7. The Labute approximate surface area is 79.2 Å². The molecule has 1 aliphatic heterocycles. The van der Waals surface area contributed by atoms with Gasteiger partial charge in [0.2, 0.25) is 0 Å². The number of likely N-dealkylation sites (tertiary alicyclic amines) is 1. The summed E-state index contributed by atoms with van der Waals surface area (Å²) in [6.45, 7) is 3.76. The van der Waals surface area contributed by atoms with Gasteiger partial charge in [-0.25, -0.2) is 0 Å². The van der Waals surface area contributed by atoms with Crippen LogP contribution in [0.3, 0.4) is 0 Å². The van der Waals surface area contributed by atoms with Gasteiger partial charge < -0.3 is 10.8 Å². The van der Waals surface area contributed by atoms with Gasteiger partial charge in [0.1, 0.15) is 5.84 Å². The standard InChI is InChI=1S/C9H19N3O/c1-2-8(9(10)11)12-5-3-7(13)4-6-12/h7-8,13H,2-6H2,1H3,(H3,10,11). The zero-order chi connectivity index (χ0) is 9.84. The molecule has 4 heteroatoms. The quantitative estimate of drug-likeness (QED) is 0.433. The zero-order valence-electron chi connectivity index (χ0n) is 8.16. The molecule has 1 heterocycles. The fourth-order valence-corrected chi connectivity index (χ4v) is 1.87. The predicted molar refractivity (Wildman–Crippen MR) is 52.8 cm³/mol. The molecule has 0 aromatic heterocycles. The van der Waals surface area contributed by atoms with Crippen molar-refractivity contribution in [2.24, 2.45) is 5.73 Å². The summed E-state index contributed by atoms with van der Waals surface area (Å²) >= 11 is 0. The van der Waals surface area contributed by atoms with E-state index in [4.69, 9.17) is 11.1 Å². The van der Waals surface area contributed by atoms with Gasteiger partial charge in [-0.1, -0.05) is 6.92 Å². The van der Waals surface area contributed by atoms with Crippen molar-refractivity contribution in [3.8, 4) is 0 Å². The van der Waals surface area contributed by atoms with E-state index in [1.54, 1.807) is 0 Å². The molecule has 0 amide bonds. The van der Waals surface area contributed by atoms with Crippen molar-refractivity contribution < 1.29 is 5.11 Å². The largest absolute Gasteiger partial charge is 0.393 e. The molecule has 1 saturated heterocycles. The van der Waals surface area contributed by atoms with Crippen LogP contribution in [0.25, 0.3) is 0 Å². The van der Waals surface area contributed by atoms with Gasteiger partial charge in [0.15, 0.2) is 0 Å². The Bertz CT molecular complexity index is 176. The van der Waals surface area contributed by atoms with Gasteiger partial charge in [-0.2, -0.15) is 0 Å². The Morgan fingerprint density at radius 1 is 1.62 bits per heavy atom. The van der Waals surface area contributed by atoms with Crippen molar-refractivity contribution in [2.45, 2.75) is 38.3 Å². The lowest BCUT2D eigenvalue weighted by molar-refractivity contribution is 0.0728. The van der Waals surface area contributed by atoms with Gasteiger partial charge in [-0.05, 0) is 19.3 Å². The van der Waals surface area contributed by atoms with Crippen LogP contribution in [0.2, 0.25) is 0 Å². The molecule has 0 aromatic carbocycles. The van der Waals surface area contributed by atoms with Crippen molar-refractivity contribution in [3.63, 3.8) is 0 Å². The minimum atomic E-state index is -0.152. The van der Waals surface area contributed by atoms with Gasteiger partial charge in [0.25, 0.3) is 0 Å². The van der Waals surface area contributed by atoms with Crippen LogP contribution in [0.5, 0.6) is 0 Å². The summed E-state index contributed by atoms with van der Waals surface area (Å²) in [5.74, 6) is 0.249. The first-order valence-electron chi connectivity index (χ1n) is 4.91. The van der Waals surface area contributed by atoms with Crippen LogP contribution in [0.4, 0.5) is 0 Å². The van der Waals surface area contributed by atoms with E-state index < -0.39 is 0 Å². The average Bonchev–Trinajstić information content (AvgIpc) is 2.09. The summed E-state index contributed by atoms with van der Waals surface area (Å²) < 4.78 is 0. The Morgan fingerprint density at radius 2 is 2.15 bits per heavy atom. The topological polar surface area (TPSA) is 73.3 Å². The van der Waals surface area contributed by atoms with E-state index in [1.807, 2.05) is 6.92 Å². The number of hydrogen-bond donors (Lipinski definition) is 3. The van der Waals surface area contributed by atoms with E-state index >= 15 is 0 Å². The lowest BCUT2D eigenvalue weighted by Gasteiger charge is -2.35. The van der Waals surface area contributed by atoms with E-state index in [0.29, 0.717) is 0 Å². The van der Waals surface area contributed by atoms with Crippen LogP contribution >= 0.6 is 0 Å². The maximum atomic E-state index is 9.31. The minimum absolute atomic E-state index is 0.0764. The molecule has 1 rings (SSSR count). The highest BCUT2D eigenvalue weighted by atomic mass is 16.3. The molecule has 1 unspecified atom stereocenters. The second kappa shape index (κ2) is 4.58. The zero-order valence-corrected chi connectivity index (χ0v) is 8.16. The Morgan fingerprint density at radius 3 is 2.54 bits per heavy atom. The minimum Gasteiger partial charge on any atom is -0.393 e. The molecule has 76 valence electrons. The van der Waals surface area contributed by atoms with Crippen molar-refractivity contribution in [1.82, 2.24) is 4.90 Å². The molecule has 0 aromatic rings. The monoisotopic (exact) mass is 185 g/mol. The highest BCUT2D eigenvalue weighted by Gasteiger charge is 2.24. The molecular formula is C9H19N3O. The van der Waals surface area contributed by atoms with Crippen LogP contribution < -0.4 is 5.73 Å². The predicted octanol–water partition coefficient (Wildman–Crippen LogP) is 0.158. The van der Waals surface area contributed by atoms with Gasteiger partial charge in [0.05, 0.1) is 12.1 Å². The molecule has 1 atom stereocenters. The number of aliphatic hydroxyl groups is 1. The van der Waals surface area contributed by atoms with Gasteiger partial charge in [0, 0.05) is 13.1 Å². The second-order valence-electron chi connectivity index (χ2n) is 3.65. The molecule has 0 bridgehead atoms. The molecule has 13 heavy (non-hydrogen) atoms. The van der Waals surface area contributed by atoms with Crippen LogP contribution in [0.1, 0.15) is 26.2 Å². The Hall–Kier alpha value is -0.610. The van der Waals surface area contributed by atoms with Gasteiger partial charge in [-0.3, -0.25) is 10.3 Å². The number of amidine groups is 1. The number of aliphatic hydroxyl groups excluding tert-OH is 1. The highest BCUT2D eigenvalue weighted by molar-refractivity contribution is 5.82. The van der Waals surface area contributed by atoms with E-state index in [9.17, 15) is 5.11 Å². The third-order valence-electron chi connectivity index (χ3n) is 2.69. The molecule has 0 saturated carbocycles. The first-order valence-corrected chi connectivity index (χ1v) is 4.91. The molecule has 0 radical (unpaired) electrons. The number of piperidine rings is 1. The van der Waals surface area contributed by atoms with Gasteiger partial charge >= 0.3 is 0 Å². The number of rotatable bonds is 3. The van der Waals surface area contributed by atoms with Gasteiger partial charge in [-0.15, -0.1) is 0 Å². The number of nitrogens with two attached hydrogens (primary N) is 1. The summed E-state index contributed by atoms with van der Waals surface area (Å²) in [5.41, 5.74) is 5.49. The fourth-order valence-electron chi connectivity index (χ4n) is 1.87. The van der Waals surface area contributed by atoms with Crippen molar-refractivity contribution in [1.29, 1.82) is 5.41 Å². The summed E-state index contributed by atoms with van der Waals surface area (Å²) in [6, 6.07) is 0.0764. The summed E-state index contributed by atoms with van der Waals surface area (Å²) in [4.78, 5) is 2.19. The average molecular weight is 185 g/mol. The molecule has 1 fully saturated rings. The second-order valence-corrected chi connectivity index (χ2v) is 3.65. The van der Waals surface area contributed by atoms with E-state index in [0.717, 1.165) is 32.4 Å². The molecular weight excluding hydrogens is 166 g/mol. The third kappa shape index (κ3) is 2.67. The maximum absolute atomic E-state index is 9.31. The molecule has 4 nitrogen and oxygen atoms in total. The summed E-state index contributed by atoms with van der Waals surface area (Å²) in [6.07, 6.45) is 2.35. The lowest BCUT2D eigenvalue weighted by atomic mass is 10.0. The van der Waals surface area contributed by atoms with E-state index in [-0.39, 0.29) is 18.0 Å². The molecule has 4 N–H and O–H groups in total. The molecule has 1 aliphatic rings. The Balaban J connectivity index is 2.46. The lowest BCUT2D eigenvalue weighted by Crippen LogP contribution is -2.48. The summed E-state index contributed by atoms with van der Waals surface area (Å²) in [7, 11) is 0. The smallest absolute Gasteiger partial charge is 0.108 e. The first-order chi connectivity index (χ1) is 6.15. The van der Waals surface area contributed by atoms with Crippen molar-refractivity contribution in [2.75, 3.05) is 13.1 Å².